The molecule has 0 atom stereocenters. The van der Waals surface area contributed by atoms with Crippen LogP contribution in [-0.2, 0) is 0 Å². The Kier molecular flexibility index (Phi) is 8.51. The Morgan fingerprint density at radius 1 is 1.00 bits per heavy atom. The van der Waals surface area contributed by atoms with Crippen LogP contribution in [0.4, 0.5) is 0 Å². The second-order valence-electron chi connectivity index (χ2n) is 5.58. The normalized spacial score (nSPS) is 11.3. The van der Waals surface area contributed by atoms with Crippen molar-refractivity contribution < 1.29 is 4.39 Å². The SMILES string of the molecule is CCCCCCCCC[N+](C)(C)[BH2-]C#N. The summed E-state index contributed by atoms with van der Waals surface area (Å²) in [6.07, 6.45) is 9.55. The van der Waals surface area contributed by atoms with Gasteiger partial charge in [-0.15, -0.1) is 0 Å². The summed E-state index contributed by atoms with van der Waals surface area (Å²) in [6, 6.07) is 0. The van der Waals surface area contributed by atoms with Crippen LogP contribution < -0.4 is 0 Å². The van der Waals surface area contributed by atoms with Crippen molar-refractivity contribution in [3.8, 4) is 5.97 Å². The van der Waals surface area contributed by atoms with E-state index in [0.29, 0.717) is 0 Å². The Morgan fingerprint density at radius 3 is 2.07 bits per heavy atom. The summed E-state index contributed by atoms with van der Waals surface area (Å²) in [5.41, 5.74) is 0. The monoisotopic (exact) mass is 210 g/mol. The van der Waals surface area contributed by atoms with Gasteiger partial charge in [-0.25, -0.2) is 5.26 Å². The van der Waals surface area contributed by atoms with Crippen LogP contribution in [0, 0.1) is 11.2 Å². The largest absolute Gasteiger partial charge is 0.513 e. The van der Waals surface area contributed by atoms with Gasteiger partial charge in [-0.3, -0.25) is 0 Å². The Labute approximate surface area is 96.1 Å². The molecule has 0 radical (unpaired) electrons. The lowest BCUT2D eigenvalue weighted by atomic mass is 9.91. The first kappa shape index (κ1) is 14.5. The maximum absolute atomic E-state index is 8.69. The minimum absolute atomic E-state index is 0.436. The van der Waals surface area contributed by atoms with E-state index in [4.69, 9.17) is 5.26 Å². The number of nitrogens with zero attached hydrogens (tertiary/aromatic N) is 2. The molecule has 15 heavy (non-hydrogen) atoms. The van der Waals surface area contributed by atoms with Crippen LogP contribution in [0.3, 0.4) is 0 Å². The van der Waals surface area contributed by atoms with E-state index in [1.807, 2.05) is 0 Å². The summed E-state index contributed by atoms with van der Waals surface area (Å²) in [5, 5.41) is 8.69. The minimum Gasteiger partial charge on any atom is -0.513 e. The molecule has 0 N–H and O–H groups in total. The number of unbranched alkanes of at least 4 members (excludes halogenated alkanes) is 6. The highest BCUT2D eigenvalue weighted by atomic mass is 15.2. The molecule has 0 amide bonds. The average molecular weight is 210 g/mol. The molecular formula is C12H27BN2. The first-order chi connectivity index (χ1) is 7.12. The zero-order valence-corrected chi connectivity index (χ0v) is 11.1. The maximum Gasteiger partial charge on any atom is 0.281 e. The van der Waals surface area contributed by atoms with Crippen molar-refractivity contribution in [2.45, 2.75) is 51.9 Å². The molecule has 3 heteroatoms. The van der Waals surface area contributed by atoms with Crippen molar-refractivity contribution >= 4 is 7.41 Å². The fourth-order valence-electron chi connectivity index (χ4n) is 1.93. The van der Waals surface area contributed by atoms with Crippen molar-refractivity contribution in [2.24, 2.45) is 0 Å². The summed E-state index contributed by atoms with van der Waals surface area (Å²) < 4.78 is 0.978. The number of hydrogen-bond acceptors (Lipinski definition) is 1. The summed E-state index contributed by atoms with van der Waals surface area (Å²) in [4.78, 5) is 0. The summed E-state index contributed by atoms with van der Waals surface area (Å²) in [7, 11) is 3.95. The summed E-state index contributed by atoms with van der Waals surface area (Å²) in [5.74, 6) is 2.37. The third kappa shape index (κ3) is 9.81. The zero-order valence-electron chi connectivity index (χ0n) is 11.1. The molecular weight excluding hydrogens is 183 g/mol. The predicted molar refractivity (Wildman–Crippen MR) is 69.1 cm³/mol. The molecule has 0 heterocycles. The van der Waals surface area contributed by atoms with Crippen molar-refractivity contribution in [1.82, 2.24) is 0 Å². The lowest BCUT2D eigenvalue weighted by Gasteiger charge is -2.36. The topological polar surface area (TPSA) is 23.8 Å². The number of quaternary nitrogens is 1. The van der Waals surface area contributed by atoms with Gasteiger partial charge in [-0.2, -0.15) is 0 Å². The molecule has 88 valence electrons. The smallest absolute Gasteiger partial charge is 0.281 e. The molecule has 0 aliphatic carbocycles. The first-order valence-electron chi connectivity index (χ1n) is 6.59. The molecule has 0 aromatic heterocycles. The molecule has 0 bridgehead atoms. The lowest BCUT2D eigenvalue weighted by molar-refractivity contribution is -0.777. The van der Waals surface area contributed by atoms with Crippen LogP contribution in [0.15, 0.2) is 0 Å². The molecule has 0 aromatic carbocycles. The van der Waals surface area contributed by atoms with Crippen LogP contribution in [0.1, 0.15) is 51.9 Å². The molecule has 0 aliphatic heterocycles. The van der Waals surface area contributed by atoms with Crippen molar-refractivity contribution in [3.05, 3.63) is 0 Å². The van der Waals surface area contributed by atoms with Gasteiger partial charge in [0.15, 0.2) is 0 Å². The average Bonchev–Trinajstić information content (AvgIpc) is 2.16. The van der Waals surface area contributed by atoms with Gasteiger partial charge in [0, 0.05) is 20.6 Å². The van der Waals surface area contributed by atoms with E-state index < -0.39 is 7.41 Å². The van der Waals surface area contributed by atoms with Crippen LogP contribution in [0.25, 0.3) is 0 Å². The quantitative estimate of drug-likeness (QED) is 0.423. The molecule has 0 rings (SSSR count). The number of nitriles is 1. The molecule has 0 saturated heterocycles. The fraction of sp³-hybridized carbons (Fsp3) is 0.917. The van der Waals surface area contributed by atoms with E-state index in [9.17, 15) is 0 Å². The highest BCUT2D eigenvalue weighted by molar-refractivity contribution is 6.36. The predicted octanol–water partition coefficient (Wildman–Crippen LogP) is 2.38. The van der Waals surface area contributed by atoms with Gasteiger partial charge in [0.05, 0.1) is 0 Å². The van der Waals surface area contributed by atoms with Crippen molar-refractivity contribution in [2.75, 3.05) is 20.6 Å². The zero-order chi connectivity index (χ0) is 11.6. The van der Waals surface area contributed by atoms with Gasteiger partial charge in [0.1, 0.15) is 0 Å². The van der Waals surface area contributed by atoms with E-state index in [1.165, 1.54) is 51.5 Å². The molecule has 0 aliphatic rings. The molecule has 0 unspecified atom stereocenters. The first-order valence-corrected chi connectivity index (χ1v) is 6.59. The van der Waals surface area contributed by atoms with E-state index in [0.717, 1.165) is 4.39 Å². The lowest BCUT2D eigenvalue weighted by Crippen LogP contribution is -2.43. The van der Waals surface area contributed by atoms with E-state index in [2.05, 4.69) is 27.0 Å². The van der Waals surface area contributed by atoms with Crippen molar-refractivity contribution in [1.29, 1.82) is 5.26 Å². The maximum atomic E-state index is 8.69. The molecule has 2 nitrogen and oxygen atoms in total. The Hall–Kier alpha value is -0.485. The van der Waals surface area contributed by atoms with Gasteiger partial charge in [0.2, 0.25) is 0 Å². The van der Waals surface area contributed by atoms with Gasteiger partial charge in [-0.05, 0) is 12.8 Å². The van der Waals surface area contributed by atoms with Crippen LogP contribution in [-0.4, -0.2) is 32.4 Å². The second kappa shape index (κ2) is 8.79. The van der Waals surface area contributed by atoms with Crippen molar-refractivity contribution in [3.63, 3.8) is 0 Å². The molecule has 0 saturated carbocycles. The Bertz CT molecular complexity index is 185. The summed E-state index contributed by atoms with van der Waals surface area (Å²) >= 11 is 0. The molecule has 0 aromatic rings. The van der Waals surface area contributed by atoms with Crippen LogP contribution in [0.5, 0.6) is 0 Å². The number of hydrogen-bond donors (Lipinski definition) is 0. The second-order valence-corrected chi connectivity index (χ2v) is 5.58. The van der Waals surface area contributed by atoms with E-state index in [1.54, 1.807) is 0 Å². The molecule has 0 spiro atoms. The fourth-order valence-corrected chi connectivity index (χ4v) is 1.93. The highest BCUT2D eigenvalue weighted by Crippen LogP contribution is 2.08. The Balaban J connectivity index is 3.27. The minimum atomic E-state index is -0.436. The van der Waals surface area contributed by atoms with Gasteiger partial charge in [0.25, 0.3) is 7.41 Å². The molecule has 0 fully saturated rings. The van der Waals surface area contributed by atoms with E-state index >= 15 is 0 Å². The third-order valence-corrected chi connectivity index (χ3v) is 3.14. The summed E-state index contributed by atoms with van der Waals surface area (Å²) in [6.45, 7) is 3.45. The van der Waals surface area contributed by atoms with E-state index in [-0.39, 0.29) is 0 Å². The van der Waals surface area contributed by atoms with Gasteiger partial charge >= 0.3 is 0 Å². The Morgan fingerprint density at radius 2 is 1.53 bits per heavy atom. The number of rotatable bonds is 9. The standard InChI is InChI=1S/C12H27BN2/c1-4-5-6-7-8-9-10-11-15(2,3)13-12-14/h4-11,13H2,1-3H3. The highest BCUT2D eigenvalue weighted by Gasteiger charge is 2.06. The third-order valence-electron chi connectivity index (χ3n) is 3.14. The van der Waals surface area contributed by atoms with Crippen LogP contribution >= 0.6 is 0 Å². The van der Waals surface area contributed by atoms with Gasteiger partial charge < -0.3 is 4.39 Å². The van der Waals surface area contributed by atoms with Gasteiger partial charge in [-0.1, -0.05) is 45.0 Å². The van der Waals surface area contributed by atoms with Crippen LogP contribution in [0.2, 0.25) is 0 Å².